The Morgan fingerprint density at radius 1 is 1.12 bits per heavy atom. The Morgan fingerprint density at radius 3 is 2.76 bits per heavy atom. The molecule has 0 radical (unpaired) electrons. The maximum atomic E-state index is 12.1. The summed E-state index contributed by atoms with van der Waals surface area (Å²) in [5.41, 5.74) is 2.83. The Labute approximate surface area is 201 Å². The summed E-state index contributed by atoms with van der Waals surface area (Å²) in [5, 5.41) is 15.1. The van der Waals surface area contributed by atoms with Crippen LogP contribution in [0.2, 0.25) is 5.15 Å². The summed E-state index contributed by atoms with van der Waals surface area (Å²) in [6.45, 7) is 4.11. The summed E-state index contributed by atoms with van der Waals surface area (Å²) in [6, 6.07) is 9.00. The van der Waals surface area contributed by atoms with Crippen LogP contribution >= 0.6 is 11.6 Å². The molecule has 3 aromatic heterocycles. The minimum Gasteiger partial charge on any atom is -0.491 e. The van der Waals surface area contributed by atoms with Crippen LogP contribution in [0.15, 0.2) is 36.5 Å². The average Bonchev–Trinajstić information content (AvgIpc) is 3.23. The number of methoxy groups -OCH3 is 1. The number of halogens is 1. The van der Waals surface area contributed by atoms with E-state index in [0.29, 0.717) is 48.5 Å². The van der Waals surface area contributed by atoms with Crippen LogP contribution in [0, 0.1) is 6.92 Å². The third-order valence-electron chi connectivity index (χ3n) is 5.18. The number of nitrogens with one attached hydrogen (secondary N) is 2. The van der Waals surface area contributed by atoms with Crippen molar-refractivity contribution in [2.24, 2.45) is 0 Å². The lowest BCUT2D eigenvalue weighted by molar-refractivity contribution is 0.0952. The topological polar surface area (TPSA) is 116 Å². The summed E-state index contributed by atoms with van der Waals surface area (Å²) >= 11 is 5.76. The molecule has 0 atom stereocenters. The van der Waals surface area contributed by atoms with Crippen LogP contribution in [0.25, 0.3) is 16.7 Å². The fraction of sp³-hybridized carbons (Fsp3) is 0.348. The number of anilines is 1. The summed E-state index contributed by atoms with van der Waals surface area (Å²) in [7, 11) is 1.64. The molecule has 0 spiro atoms. The first-order valence-electron chi connectivity index (χ1n) is 11.0. The quantitative estimate of drug-likeness (QED) is 0.246. The van der Waals surface area contributed by atoms with E-state index >= 15 is 0 Å². The zero-order chi connectivity index (χ0) is 23.9. The molecule has 0 aliphatic carbocycles. The molecule has 0 saturated heterocycles. The highest BCUT2D eigenvalue weighted by Gasteiger charge is 2.13. The van der Waals surface area contributed by atoms with E-state index in [1.165, 1.54) is 6.20 Å². The number of ether oxygens (including phenoxy) is 2. The van der Waals surface area contributed by atoms with Crippen LogP contribution in [0.1, 0.15) is 29.0 Å². The van der Waals surface area contributed by atoms with E-state index in [1.807, 2.05) is 29.5 Å². The largest absolute Gasteiger partial charge is 0.491 e. The van der Waals surface area contributed by atoms with Crippen LogP contribution in [-0.2, 0) is 4.74 Å². The second kappa shape index (κ2) is 11.1. The molecule has 4 aromatic rings. The van der Waals surface area contributed by atoms with Gasteiger partial charge in [0.05, 0.1) is 23.2 Å². The van der Waals surface area contributed by atoms with E-state index in [9.17, 15) is 4.79 Å². The molecular weight excluding hydrogens is 458 g/mol. The van der Waals surface area contributed by atoms with Gasteiger partial charge in [0, 0.05) is 32.5 Å². The van der Waals surface area contributed by atoms with Crippen molar-refractivity contribution in [3.63, 3.8) is 0 Å². The second-order valence-corrected chi connectivity index (χ2v) is 8.01. The highest BCUT2D eigenvalue weighted by molar-refractivity contribution is 6.29. The lowest BCUT2D eigenvalue weighted by Crippen LogP contribution is -2.24. The van der Waals surface area contributed by atoms with Gasteiger partial charge in [-0.2, -0.15) is 0 Å². The molecule has 1 aromatic carbocycles. The summed E-state index contributed by atoms with van der Waals surface area (Å²) in [6.07, 6.45) is 3.09. The number of pyridine rings is 1. The Bertz CT molecular complexity index is 1280. The van der Waals surface area contributed by atoms with Crippen LogP contribution < -0.4 is 15.4 Å². The van der Waals surface area contributed by atoms with Gasteiger partial charge < -0.3 is 20.1 Å². The Morgan fingerprint density at radius 2 is 1.97 bits per heavy atom. The number of hydrogen-bond acceptors (Lipinski definition) is 8. The number of fused-ring (bicyclic) bond motifs is 3. The number of amides is 1. The van der Waals surface area contributed by atoms with Crippen LogP contribution in [0.4, 0.5) is 5.82 Å². The van der Waals surface area contributed by atoms with Gasteiger partial charge in [0.2, 0.25) is 5.65 Å². The average molecular weight is 484 g/mol. The van der Waals surface area contributed by atoms with Crippen LogP contribution in [-0.4, -0.2) is 63.9 Å². The van der Waals surface area contributed by atoms with Crippen molar-refractivity contribution in [3.05, 3.63) is 53.1 Å². The Balaban J connectivity index is 1.36. The van der Waals surface area contributed by atoms with E-state index in [4.69, 9.17) is 26.1 Å². The molecule has 0 saturated carbocycles. The monoisotopic (exact) mass is 483 g/mol. The summed E-state index contributed by atoms with van der Waals surface area (Å²) < 4.78 is 12.7. The highest BCUT2D eigenvalue weighted by Crippen LogP contribution is 2.25. The molecular formula is C23H26ClN7O3. The number of hydrogen-bond donors (Lipinski definition) is 2. The van der Waals surface area contributed by atoms with Gasteiger partial charge in [-0.25, -0.2) is 9.97 Å². The second-order valence-electron chi connectivity index (χ2n) is 7.62. The molecule has 34 heavy (non-hydrogen) atoms. The molecule has 3 heterocycles. The predicted octanol–water partition coefficient (Wildman–Crippen LogP) is 3.28. The maximum absolute atomic E-state index is 12.1. The summed E-state index contributed by atoms with van der Waals surface area (Å²) in [4.78, 5) is 20.8. The van der Waals surface area contributed by atoms with Gasteiger partial charge in [0.1, 0.15) is 23.3 Å². The van der Waals surface area contributed by atoms with Crippen molar-refractivity contribution < 1.29 is 14.3 Å². The molecule has 10 nitrogen and oxygen atoms in total. The van der Waals surface area contributed by atoms with E-state index in [-0.39, 0.29) is 5.91 Å². The zero-order valence-corrected chi connectivity index (χ0v) is 19.8. The van der Waals surface area contributed by atoms with Crippen LogP contribution in [0.3, 0.4) is 0 Å². The lowest BCUT2D eigenvalue weighted by atomic mass is 10.2. The van der Waals surface area contributed by atoms with E-state index < -0.39 is 0 Å². The third-order valence-corrected chi connectivity index (χ3v) is 5.41. The number of aryl methyl sites for hydroxylation is 1. The predicted molar refractivity (Wildman–Crippen MR) is 130 cm³/mol. The SMILES string of the molecule is COCCOc1ccc2c(c1)nc(NCCCCNC(=O)c1ccc(Cl)nc1)c1nnc(C)n12. The number of carbonyl (C=O) groups is 1. The van der Waals surface area contributed by atoms with Crippen molar-refractivity contribution in [1.29, 1.82) is 0 Å². The van der Waals surface area contributed by atoms with E-state index in [0.717, 1.165) is 35.4 Å². The van der Waals surface area contributed by atoms with Gasteiger partial charge in [-0.3, -0.25) is 9.20 Å². The first-order valence-corrected chi connectivity index (χ1v) is 11.4. The number of carbonyl (C=O) groups excluding carboxylic acids is 1. The smallest absolute Gasteiger partial charge is 0.252 e. The third kappa shape index (κ3) is 5.52. The first kappa shape index (κ1) is 23.7. The number of unbranched alkanes of at least 4 members (excludes halogenated alkanes) is 1. The van der Waals surface area contributed by atoms with Crippen molar-refractivity contribution in [1.82, 2.24) is 29.9 Å². The minimum absolute atomic E-state index is 0.169. The standard InChI is InChI=1S/C23H26ClN7O3/c1-15-29-30-22-21(25-9-3-4-10-26-23(32)16-5-8-20(24)27-14-16)28-18-13-17(34-12-11-33-2)6-7-19(18)31(15)22/h5-8,13-14H,3-4,9-12H2,1-2H3,(H,25,28)(H,26,32). The minimum atomic E-state index is -0.169. The highest BCUT2D eigenvalue weighted by atomic mass is 35.5. The molecule has 0 unspecified atom stereocenters. The molecule has 2 N–H and O–H groups in total. The van der Waals surface area contributed by atoms with Crippen LogP contribution in [0.5, 0.6) is 5.75 Å². The number of benzene rings is 1. The van der Waals surface area contributed by atoms with Crippen molar-refractivity contribution in [2.45, 2.75) is 19.8 Å². The molecule has 0 fully saturated rings. The van der Waals surface area contributed by atoms with Crippen molar-refractivity contribution >= 4 is 40.0 Å². The fourth-order valence-corrected chi connectivity index (χ4v) is 3.59. The number of rotatable bonds is 11. The molecule has 0 bridgehead atoms. The Kier molecular flexibility index (Phi) is 7.71. The van der Waals surface area contributed by atoms with E-state index in [2.05, 4.69) is 25.8 Å². The first-order chi connectivity index (χ1) is 16.6. The Hall–Kier alpha value is -3.50. The lowest BCUT2D eigenvalue weighted by Gasteiger charge is -2.11. The van der Waals surface area contributed by atoms with Gasteiger partial charge in [-0.1, -0.05) is 11.6 Å². The number of aromatic nitrogens is 5. The van der Waals surface area contributed by atoms with E-state index in [1.54, 1.807) is 19.2 Å². The van der Waals surface area contributed by atoms with Crippen molar-refractivity contribution in [3.8, 4) is 5.75 Å². The van der Waals surface area contributed by atoms with Gasteiger partial charge >= 0.3 is 0 Å². The molecule has 178 valence electrons. The fourth-order valence-electron chi connectivity index (χ4n) is 3.48. The molecule has 11 heteroatoms. The molecule has 1 amide bonds. The zero-order valence-electron chi connectivity index (χ0n) is 19.0. The normalized spacial score (nSPS) is 11.1. The van der Waals surface area contributed by atoms with Gasteiger partial charge in [-0.05, 0) is 44.0 Å². The maximum Gasteiger partial charge on any atom is 0.252 e. The molecule has 0 aliphatic rings. The van der Waals surface area contributed by atoms with Crippen molar-refractivity contribution in [2.75, 3.05) is 38.7 Å². The number of nitrogens with zero attached hydrogens (tertiary/aromatic N) is 5. The van der Waals surface area contributed by atoms with Gasteiger partial charge in [0.15, 0.2) is 5.82 Å². The molecule has 4 rings (SSSR count). The summed E-state index contributed by atoms with van der Waals surface area (Å²) in [5.74, 6) is 1.98. The van der Waals surface area contributed by atoms with Gasteiger partial charge in [0.25, 0.3) is 5.91 Å². The molecule has 0 aliphatic heterocycles. The van der Waals surface area contributed by atoms with Gasteiger partial charge in [-0.15, -0.1) is 10.2 Å².